The molecule has 0 fully saturated rings. The van der Waals surface area contributed by atoms with E-state index in [4.69, 9.17) is 24.0 Å². The number of phosphoric acid groups is 1. The topological polar surface area (TPSA) is 110 Å². The number of hydrogen-bond donors (Lipinski definition) is 4. The third-order valence-electron chi connectivity index (χ3n) is 5.23. The van der Waals surface area contributed by atoms with Crippen LogP contribution in [0.1, 0.15) is 35.8 Å². The van der Waals surface area contributed by atoms with Gasteiger partial charge in [0.05, 0.1) is 12.7 Å². The molecule has 0 aromatic heterocycles. The summed E-state index contributed by atoms with van der Waals surface area (Å²) in [5, 5.41) is 10.6. The Bertz CT molecular complexity index is 920. The van der Waals surface area contributed by atoms with Crippen molar-refractivity contribution < 1.29 is 29.1 Å². The minimum Gasteiger partial charge on any atom is -0.387 e. The van der Waals surface area contributed by atoms with Crippen LogP contribution < -0.4 is 0 Å². The van der Waals surface area contributed by atoms with Crippen LogP contribution in [0.4, 0.5) is 0 Å². The molecule has 8 heteroatoms. The number of nitrogens with zero attached hydrogens (tertiary/aromatic N) is 1. The first kappa shape index (κ1) is 26.9. The molecule has 0 radical (unpaired) electrons. The van der Waals surface area contributed by atoms with Crippen molar-refractivity contribution >= 4 is 7.82 Å². The Labute approximate surface area is 195 Å². The maximum absolute atomic E-state index is 10.6. The molecule has 0 aliphatic carbocycles. The smallest absolute Gasteiger partial charge is 0.387 e. The van der Waals surface area contributed by atoms with Crippen molar-refractivity contribution in [2.75, 3.05) is 20.2 Å². The standard InChI is InChI=1S/C25H29NO2.H3O4P/c1-20(24(27)21-12-6-3-7-13-21)26(2)18-19-28-25(22-14-8-4-9-15-22)23-16-10-5-11-17-23;1-5(2,3)4/h3-17,20,24-25,27H,18-19H2,1-2H3;(H3,1,2,3,4). The first-order chi connectivity index (χ1) is 15.7. The number of aliphatic hydroxyl groups is 1. The summed E-state index contributed by atoms with van der Waals surface area (Å²) >= 11 is 0. The van der Waals surface area contributed by atoms with Gasteiger partial charge in [0.25, 0.3) is 0 Å². The lowest BCUT2D eigenvalue weighted by atomic mass is 10.0. The lowest BCUT2D eigenvalue weighted by Crippen LogP contribution is -2.36. The number of ether oxygens (including phenoxy) is 1. The summed E-state index contributed by atoms with van der Waals surface area (Å²) in [5.74, 6) is 0. The summed E-state index contributed by atoms with van der Waals surface area (Å²) in [6.45, 7) is 3.36. The molecule has 33 heavy (non-hydrogen) atoms. The highest BCUT2D eigenvalue weighted by Crippen LogP contribution is 2.26. The van der Waals surface area contributed by atoms with Gasteiger partial charge in [-0.2, -0.15) is 0 Å². The molecule has 0 aliphatic rings. The molecule has 7 nitrogen and oxygen atoms in total. The van der Waals surface area contributed by atoms with Crippen molar-refractivity contribution in [3.63, 3.8) is 0 Å². The summed E-state index contributed by atoms with van der Waals surface area (Å²) < 4.78 is 15.2. The molecule has 0 saturated carbocycles. The van der Waals surface area contributed by atoms with E-state index in [1.807, 2.05) is 80.7 Å². The van der Waals surface area contributed by atoms with Crippen LogP contribution in [-0.4, -0.2) is 50.9 Å². The van der Waals surface area contributed by atoms with Gasteiger partial charge in [-0.1, -0.05) is 91.0 Å². The Morgan fingerprint density at radius 3 is 1.55 bits per heavy atom. The Balaban J connectivity index is 0.000000696. The quantitative estimate of drug-likeness (QED) is 0.349. The Morgan fingerprint density at radius 2 is 1.15 bits per heavy atom. The van der Waals surface area contributed by atoms with Gasteiger partial charge in [-0.15, -0.1) is 0 Å². The lowest BCUT2D eigenvalue weighted by molar-refractivity contribution is 0.0294. The molecule has 3 rings (SSSR count). The normalized spacial score (nSPS) is 13.3. The van der Waals surface area contributed by atoms with Gasteiger partial charge in [0, 0.05) is 12.6 Å². The molecule has 0 saturated heterocycles. The molecule has 3 aromatic carbocycles. The van der Waals surface area contributed by atoms with Crippen LogP contribution in [-0.2, 0) is 9.30 Å². The zero-order valence-corrected chi connectivity index (χ0v) is 19.7. The van der Waals surface area contributed by atoms with Gasteiger partial charge < -0.3 is 24.5 Å². The second-order valence-corrected chi connectivity index (χ2v) is 8.69. The van der Waals surface area contributed by atoms with Crippen molar-refractivity contribution in [3.05, 3.63) is 108 Å². The highest BCUT2D eigenvalue weighted by atomic mass is 31.2. The number of aliphatic hydroxyl groups excluding tert-OH is 1. The first-order valence-corrected chi connectivity index (χ1v) is 12.2. The van der Waals surface area contributed by atoms with Gasteiger partial charge >= 0.3 is 7.82 Å². The fraction of sp³-hybridized carbons (Fsp3) is 0.280. The van der Waals surface area contributed by atoms with E-state index in [0.29, 0.717) is 6.61 Å². The molecule has 0 aliphatic heterocycles. The lowest BCUT2D eigenvalue weighted by Gasteiger charge is -2.30. The van der Waals surface area contributed by atoms with Crippen molar-refractivity contribution in [1.82, 2.24) is 4.90 Å². The zero-order valence-electron chi connectivity index (χ0n) is 18.8. The van der Waals surface area contributed by atoms with E-state index in [2.05, 4.69) is 29.2 Å². The molecule has 178 valence electrons. The van der Waals surface area contributed by atoms with E-state index in [1.54, 1.807) is 0 Å². The van der Waals surface area contributed by atoms with Gasteiger partial charge in [0.15, 0.2) is 0 Å². The van der Waals surface area contributed by atoms with Gasteiger partial charge in [-0.25, -0.2) is 4.57 Å². The SMILES string of the molecule is CC(C(O)c1ccccc1)N(C)CCOC(c1ccccc1)c1ccccc1.O=P(O)(O)O. The van der Waals surface area contributed by atoms with Gasteiger partial charge in [-0.3, -0.25) is 4.90 Å². The van der Waals surface area contributed by atoms with Crippen molar-refractivity contribution in [1.29, 1.82) is 0 Å². The van der Waals surface area contributed by atoms with E-state index >= 15 is 0 Å². The summed E-state index contributed by atoms with van der Waals surface area (Å²) in [5.41, 5.74) is 3.23. The number of benzene rings is 3. The van der Waals surface area contributed by atoms with Crippen molar-refractivity contribution in [2.24, 2.45) is 0 Å². The maximum Gasteiger partial charge on any atom is 0.466 e. The van der Waals surface area contributed by atoms with Crippen LogP contribution in [0.3, 0.4) is 0 Å². The fourth-order valence-electron chi connectivity index (χ4n) is 3.33. The number of likely N-dealkylation sites (N-methyl/N-ethyl adjacent to an activating group) is 1. The average Bonchev–Trinajstić information content (AvgIpc) is 2.81. The van der Waals surface area contributed by atoms with Crippen LogP contribution in [0, 0.1) is 0 Å². The summed E-state index contributed by atoms with van der Waals surface area (Å²) in [6.07, 6.45) is -0.615. The molecule has 0 bridgehead atoms. The Hall–Kier alpha value is -2.35. The molecule has 4 N–H and O–H groups in total. The van der Waals surface area contributed by atoms with E-state index in [-0.39, 0.29) is 12.1 Å². The van der Waals surface area contributed by atoms with E-state index < -0.39 is 13.9 Å². The molecular formula is C25H32NO6P. The molecule has 0 heterocycles. The van der Waals surface area contributed by atoms with Gasteiger partial charge in [-0.05, 0) is 30.7 Å². The van der Waals surface area contributed by atoms with Crippen molar-refractivity contribution in [2.45, 2.75) is 25.2 Å². The predicted molar refractivity (Wildman–Crippen MR) is 128 cm³/mol. The molecule has 2 atom stereocenters. The predicted octanol–water partition coefficient (Wildman–Crippen LogP) is 3.92. The first-order valence-electron chi connectivity index (χ1n) is 10.6. The monoisotopic (exact) mass is 473 g/mol. The Morgan fingerprint density at radius 1 is 0.788 bits per heavy atom. The third-order valence-corrected chi connectivity index (χ3v) is 5.23. The third kappa shape index (κ3) is 9.98. The molecular weight excluding hydrogens is 441 g/mol. The molecule has 3 aromatic rings. The van der Waals surface area contributed by atoms with Gasteiger partial charge in [0.1, 0.15) is 6.10 Å². The summed E-state index contributed by atoms with van der Waals surface area (Å²) in [7, 11) is -2.61. The minimum absolute atomic E-state index is 0.00194. The van der Waals surface area contributed by atoms with Gasteiger partial charge in [0.2, 0.25) is 0 Å². The highest BCUT2D eigenvalue weighted by molar-refractivity contribution is 7.45. The molecule has 0 amide bonds. The molecule has 0 spiro atoms. The van der Waals surface area contributed by atoms with Crippen LogP contribution in [0.25, 0.3) is 0 Å². The van der Waals surface area contributed by atoms with Crippen LogP contribution in [0.2, 0.25) is 0 Å². The van der Waals surface area contributed by atoms with E-state index in [1.165, 1.54) is 0 Å². The second kappa shape index (κ2) is 13.4. The maximum atomic E-state index is 10.6. The minimum atomic E-state index is -4.64. The summed E-state index contributed by atoms with van der Waals surface area (Å²) in [6, 6.07) is 30.4. The average molecular weight is 474 g/mol. The number of hydrogen-bond acceptors (Lipinski definition) is 4. The van der Waals surface area contributed by atoms with Crippen LogP contribution >= 0.6 is 7.82 Å². The van der Waals surface area contributed by atoms with Crippen LogP contribution in [0.15, 0.2) is 91.0 Å². The highest BCUT2D eigenvalue weighted by Gasteiger charge is 2.21. The van der Waals surface area contributed by atoms with E-state index in [0.717, 1.165) is 23.2 Å². The number of rotatable bonds is 9. The zero-order chi connectivity index (χ0) is 24.3. The Kier molecular flexibility index (Phi) is 10.9. The van der Waals surface area contributed by atoms with E-state index in [9.17, 15) is 5.11 Å². The summed E-state index contributed by atoms with van der Waals surface area (Å²) in [4.78, 5) is 23.7. The second-order valence-electron chi connectivity index (χ2n) is 7.66. The fourth-order valence-corrected chi connectivity index (χ4v) is 3.33. The molecule has 2 unspecified atom stereocenters. The largest absolute Gasteiger partial charge is 0.466 e. The van der Waals surface area contributed by atoms with Crippen LogP contribution in [0.5, 0.6) is 0 Å². The van der Waals surface area contributed by atoms with Crippen molar-refractivity contribution in [3.8, 4) is 0 Å².